The molecule has 1 saturated heterocycles. The maximum atomic E-state index is 14.3. The molecule has 0 aromatic heterocycles. The van der Waals surface area contributed by atoms with Crippen LogP contribution in [0.3, 0.4) is 0 Å². The minimum Gasteiger partial charge on any atom is -0.454 e. The van der Waals surface area contributed by atoms with Gasteiger partial charge in [-0.1, -0.05) is 24.3 Å². The van der Waals surface area contributed by atoms with Gasteiger partial charge in [0.05, 0.1) is 6.04 Å². The van der Waals surface area contributed by atoms with Gasteiger partial charge in [-0.25, -0.2) is 4.39 Å². The molecule has 2 aliphatic heterocycles. The van der Waals surface area contributed by atoms with Gasteiger partial charge in [-0.3, -0.25) is 4.90 Å². The summed E-state index contributed by atoms with van der Waals surface area (Å²) in [6.07, 6.45) is 1.94. The number of hydrogen-bond acceptors (Lipinski definition) is 4. The van der Waals surface area contributed by atoms with Gasteiger partial charge >= 0.3 is 0 Å². The van der Waals surface area contributed by atoms with Crippen LogP contribution in [-0.2, 0) is 6.54 Å². The average molecular weight is 328 g/mol. The van der Waals surface area contributed by atoms with Crippen molar-refractivity contribution in [3.63, 3.8) is 0 Å². The zero-order valence-corrected chi connectivity index (χ0v) is 13.5. The summed E-state index contributed by atoms with van der Waals surface area (Å²) >= 11 is 0. The Morgan fingerprint density at radius 1 is 1.12 bits per heavy atom. The van der Waals surface area contributed by atoms with Crippen molar-refractivity contribution in [1.29, 1.82) is 0 Å². The van der Waals surface area contributed by atoms with Crippen LogP contribution in [0.2, 0.25) is 0 Å². The van der Waals surface area contributed by atoms with E-state index in [1.165, 1.54) is 6.07 Å². The van der Waals surface area contributed by atoms with Crippen LogP contribution in [0, 0.1) is 5.82 Å². The summed E-state index contributed by atoms with van der Waals surface area (Å²) < 4.78 is 25.1. The van der Waals surface area contributed by atoms with E-state index in [0.29, 0.717) is 12.1 Å². The molecular formula is C19H21FN2O2. The highest BCUT2D eigenvalue weighted by atomic mass is 19.1. The molecule has 24 heavy (non-hydrogen) atoms. The van der Waals surface area contributed by atoms with E-state index >= 15 is 0 Å². The van der Waals surface area contributed by atoms with Gasteiger partial charge in [0.1, 0.15) is 5.82 Å². The topological polar surface area (TPSA) is 47.7 Å². The number of halogens is 1. The Labute approximate surface area is 141 Å². The standard InChI is InChI=1S/C19H21FN2O2/c20-15-5-2-1-4-14(15)19-16(21)6-3-9-22(19)11-13-7-8-17-18(10-13)24-12-23-17/h1-2,4-5,7-8,10,16,19H,3,6,9,11-12,21H2/t16-,19+/m1/s1. The molecule has 2 aromatic carbocycles. The fourth-order valence-corrected chi connectivity index (χ4v) is 3.69. The van der Waals surface area contributed by atoms with Crippen molar-refractivity contribution in [1.82, 2.24) is 4.90 Å². The van der Waals surface area contributed by atoms with E-state index in [1.807, 2.05) is 30.3 Å². The fraction of sp³-hybridized carbons (Fsp3) is 0.368. The molecule has 0 spiro atoms. The summed E-state index contributed by atoms with van der Waals surface area (Å²) in [5.41, 5.74) is 8.17. The van der Waals surface area contributed by atoms with E-state index in [1.54, 1.807) is 6.07 Å². The summed E-state index contributed by atoms with van der Waals surface area (Å²) in [7, 11) is 0. The van der Waals surface area contributed by atoms with Crippen molar-refractivity contribution in [3.05, 3.63) is 59.4 Å². The van der Waals surface area contributed by atoms with E-state index in [0.717, 1.165) is 36.4 Å². The molecule has 2 atom stereocenters. The van der Waals surface area contributed by atoms with E-state index in [4.69, 9.17) is 15.2 Å². The van der Waals surface area contributed by atoms with Crippen LogP contribution in [0.4, 0.5) is 4.39 Å². The Hall–Kier alpha value is -2.11. The third kappa shape index (κ3) is 2.85. The lowest BCUT2D eigenvalue weighted by atomic mass is 9.90. The van der Waals surface area contributed by atoms with Crippen molar-refractivity contribution in [3.8, 4) is 11.5 Å². The first kappa shape index (κ1) is 15.4. The first-order valence-electron chi connectivity index (χ1n) is 8.35. The lowest BCUT2D eigenvalue weighted by Gasteiger charge is -2.40. The van der Waals surface area contributed by atoms with Gasteiger partial charge in [-0.2, -0.15) is 0 Å². The Kier molecular flexibility index (Phi) is 4.12. The molecule has 2 aliphatic rings. The summed E-state index contributed by atoms with van der Waals surface area (Å²) in [6.45, 7) is 1.88. The Morgan fingerprint density at radius 2 is 1.96 bits per heavy atom. The van der Waals surface area contributed by atoms with Crippen LogP contribution < -0.4 is 15.2 Å². The largest absolute Gasteiger partial charge is 0.454 e. The zero-order chi connectivity index (χ0) is 16.5. The fourth-order valence-electron chi connectivity index (χ4n) is 3.69. The number of rotatable bonds is 3. The van der Waals surface area contributed by atoms with Crippen LogP contribution in [0.5, 0.6) is 11.5 Å². The van der Waals surface area contributed by atoms with Crippen molar-refractivity contribution in [2.24, 2.45) is 5.73 Å². The van der Waals surface area contributed by atoms with Crippen molar-refractivity contribution < 1.29 is 13.9 Å². The summed E-state index contributed by atoms with van der Waals surface area (Å²) in [6, 6.07) is 12.7. The van der Waals surface area contributed by atoms with Gasteiger partial charge in [0.15, 0.2) is 11.5 Å². The molecule has 0 unspecified atom stereocenters. The summed E-state index contributed by atoms with van der Waals surface area (Å²) in [5.74, 6) is 1.37. The van der Waals surface area contributed by atoms with Crippen LogP contribution in [-0.4, -0.2) is 24.3 Å². The first-order chi connectivity index (χ1) is 11.7. The summed E-state index contributed by atoms with van der Waals surface area (Å²) in [5, 5.41) is 0. The number of nitrogens with zero attached hydrogens (tertiary/aromatic N) is 1. The molecule has 2 heterocycles. The summed E-state index contributed by atoms with van der Waals surface area (Å²) in [4.78, 5) is 2.27. The van der Waals surface area contributed by atoms with Crippen molar-refractivity contribution >= 4 is 0 Å². The third-order valence-electron chi connectivity index (χ3n) is 4.83. The maximum absolute atomic E-state index is 14.3. The van der Waals surface area contributed by atoms with Crippen molar-refractivity contribution in [2.45, 2.75) is 31.5 Å². The minimum atomic E-state index is -0.185. The Bertz CT molecular complexity index is 737. The molecule has 1 fully saturated rings. The number of likely N-dealkylation sites (tertiary alicyclic amines) is 1. The van der Waals surface area contributed by atoms with Crippen LogP contribution in [0.25, 0.3) is 0 Å². The maximum Gasteiger partial charge on any atom is 0.231 e. The number of benzene rings is 2. The van der Waals surface area contributed by atoms with Crippen LogP contribution in [0.1, 0.15) is 30.0 Å². The number of ether oxygens (including phenoxy) is 2. The smallest absolute Gasteiger partial charge is 0.231 e. The SMILES string of the molecule is N[C@@H]1CCCN(Cc2ccc3c(c2)OCO3)[C@H]1c1ccccc1F. The molecule has 2 aromatic rings. The molecule has 5 heteroatoms. The molecule has 0 saturated carbocycles. The highest BCUT2D eigenvalue weighted by Crippen LogP contribution is 2.36. The van der Waals surface area contributed by atoms with Gasteiger partial charge in [-0.15, -0.1) is 0 Å². The molecule has 4 rings (SSSR count). The van der Waals surface area contributed by atoms with E-state index < -0.39 is 0 Å². The molecular weight excluding hydrogens is 307 g/mol. The van der Waals surface area contributed by atoms with Crippen LogP contribution in [0.15, 0.2) is 42.5 Å². The lowest BCUT2D eigenvalue weighted by molar-refractivity contribution is 0.117. The van der Waals surface area contributed by atoms with Crippen molar-refractivity contribution in [2.75, 3.05) is 13.3 Å². The van der Waals surface area contributed by atoms with E-state index in [2.05, 4.69) is 4.90 Å². The predicted molar refractivity (Wildman–Crippen MR) is 89.3 cm³/mol. The highest BCUT2D eigenvalue weighted by molar-refractivity contribution is 5.44. The average Bonchev–Trinajstić information content (AvgIpc) is 3.04. The third-order valence-corrected chi connectivity index (χ3v) is 4.83. The molecule has 0 amide bonds. The number of piperidine rings is 1. The van der Waals surface area contributed by atoms with Gasteiger partial charge in [0.25, 0.3) is 0 Å². The Balaban J connectivity index is 1.61. The molecule has 126 valence electrons. The van der Waals surface area contributed by atoms with E-state index in [-0.39, 0.29) is 24.7 Å². The van der Waals surface area contributed by atoms with Crippen LogP contribution >= 0.6 is 0 Å². The normalized spacial score (nSPS) is 23.4. The van der Waals surface area contributed by atoms with Gasteiger partial charge in [0, 0.05) is 18.2 Å². The molecule has 0 radical (unpaired) electrons. The van der Waals surface area contributed by atoms with Gasteiger partial charge in [-0.05, 0) is 43.1 Å². The zero-order valence-electron chi connectivity index (χ0n) is 13.5. The second-order valence-corrected chi connectivity index (χ2v) is 6.43. The lowest BCUT2D eigenvalue weighted by Crippen LogP contribution is -2.45. The highest BCUT2D eigenvalue weighted by Gasteiger charge is 2.32. The Morgan fingerprint density at radius 3 is 2.83 bits per heavy atom. The first-order valence-corrected chi connectivity index (χ1v) is 8.35. The molecule has 0 bridgehead atoms. The molecule has 0 aliphatic carbocycles. The van der Waals surface area contributed by atoms with Gasteiger partial charge < -0.3 is 15.2 Å². The monoisotopic (exact) mass is 328 g/mol. The number of hydrogen-bond donors (Lipinski definition) is 1. The van der Waals surface area contributed by atoms with Gasteiger partial charge in [0.2, 0.25) is 6.79 Å². The second-order valence-electron chi connectivity index (χ2n) is 6.43. The number of nitrogens with two attached hydrogens (primary N) is 1. The minimum absolute atomic E-state index is 0.0651. The number of fused-ring (bicyclic) bond motifs is 1. The predicted octanol–water partition coefficient (Wildman–Crippen LogP) is 3.22. The molecule has 4 nitrogen and oxygen atoms in total. The quantitative estimate of drug-likeness (QED) is 0.940. The van der Waals surface area contributed by atoms with E-state index in [9.17, 15) is 4.39 Å². The molecule has 2 N–H and O–H groups in total. The second kappa shape index (κ2) is 6.42.